The lowest BCUT2D eigenvalue weighted by Gasteiger charge is -2.11. The first-order valence-electron chi connectivity index (χ1n) is 5.87. The number of rotatable bonds is 3. The maximum absolute atomic E-state index is 3.97. The van der Waals surface area contributed by atoms with E-state index in [0.717, 1.165) is 16.6 Å². The van der Waals surface area contributed by atoms with Gasteiger partial charge in [-0.25, -0.2) is 0 Å². The average molecular weight is 315 g/mol. The van der Waals surface area contributed by atoms with Crippen LogP contribution in [0.1, 0.15) is 5.56 Å². The number of benzene rings is 2. The number of tetrazole rings is 1. The van der Waals surface area contributed by atoms with Crippen LogP contribution < -0.4 is 0 Å². The number of aromatic nitrogens is 4. The second-order valence-corrected chi connectivity index (χ2v) is 4.62. The maximum atomic E-state index is 3.97. The smallest absolute Gasteiger partial charge is 0.143 e. The third-order valence-corrected chi connectivity index (χ3v) is 3.56. The molecule has 0 bridgehead atoms. The highest BCUT2D eigenvalue weighted by Crippen LogP contribution is 2.29. The molecule has 0 unspecified atom stereocenters. The highest BCUT2D eigenvalue weighted by molar-refractivity contribution is 9.08. The predicted molar refractivity (Wildman–Crippen MR) is 77.2 cm³/mol. The molecule has 19 heavy (non-hydrogen) atoms. The minimum absolute atomic E-state index is 0.813. The fraction of sp³-hybridized carbons (Fsp3) is 0.0714. The van der Waals surface area contributed by atoms with E-state index >= 15 is 0 Å². The SMILES string of the molecule is BrCc1ccccc1-c1ccccc1-n1cnnn1. The Labute approximate surface area is 119 Å². The second kappa shape index (κ2) is 5.32. The molecule has 0 atom stereocenters. The maximum Gasteiger partial charge on any atom is 0.143 e. The van der Waals surface area contributed by atoms with E-state index in [1.807, 2.05) is 30.3 Å². The van der Waals surface area contributed by atoms with Crippen LogP contribution in [0.25, 0.3) is 16.8 Å². The van der Waals surface area contributed by atoms with Crippen molar-refractivity contribution in [1.82, 2.24) is 20.2 Å². The Morgan fingerprint density at radius 3 is 2.42 bits per heavy atom. The molecule has 0 N–H and O–H groups in total. The number of hydrogen-bond donors (Lipinski definition) is 0. The Hall–Kier alpha value is -2.01. The molecule has 4 nitrogen and oxygen atoms in total. The summed E-state index contributed by atoms with van der Waals surface area (Å²) in [6, 6.07) is 16.4. The largest absolute Gasteiger partial charge is 0.200 e. The molecule has 0 saturated carbocycles. The zero-order chi connectivity index (χ0) is 13.1. The van der Waals surface area contributed by atoms with Crippen LogP contribution >= 0.6 is 15.9 Å². The van der Waals surface area contributed by atoms with Crippen molar-refractivity contribution in [1.29, 1.82) is 0 Å². The molecule has 0 aliphatic carbocycles. The van der Waals surface area contributed by atoms with Crippen molar-refractivity contribution in [3.63, 3.8) is 0 Å². The molecule has 0 fully saturated rings. The van der Waals surface area contributed by atoms with Gasteiger partial charge in [0.2, 0.25) is 0 Å². The van der Waals surface area contributed by atoms with Crippen LogP contribution in [0.15, 0.2) is 54.9 Å². The average Bonchev–Trinajstić information content (AvgIpc) is 3.01. The minimum Gasteiger partial charge on any atom is -0.200 e. The van der Waals surface area contributed by atoms with Gasteiger partial charge in [0.05, 0.1) is 5.69 Å². The van der Waals surface area contributed by atoms with Gasteiger partial charge in [-0.05, 0) is 27.6 Å². The van der Waals surface area contributed by atoms with E-state index in [0.29, 0.717) is 0 Å². The normalized spacial score (nSPS) is 10.6. The van der Waals surface area contributed by atoms with Crippen molar-refractivity contribution in [2.24, 2.45) is 0 Å². The molecule has 5 heteroatoms. The lowest BCUT2D eigenvalue weighted by atomic mass is 9.99. The molecule has 0 aliphatic heterocycles. The molecule has 0 aliphatic rings. The van der Waals surface area contributed by atoms with E-state index in [2.05, 4.69) is 49.7 Å². The minimum atomic E-state index is 0.813. The lowest BCUT2D eigenvalue weighted by molar-refractivity contribution is 0.790. The summed E-state index contributed by atoms with van der Waals surface area (Å²) in [7, 11) is 0. The van der Waals surface area contributed by atoms with Crippen LogP contribution in [0.5, 0.6) is 0 Å². The van der Waals surface area contributed by atoms with Crippen LogP contribution in [0.2, 0.25) is 0 Å². The molecular formula is C14H11BrN4. The van der Waals surface area contributed by atoms with Gasteiger partial charge in [0.1, 0.15) is 6.33 Å². The van der Waals surface area contributed by atoms with Crippen molar-refractivity contribution in [2.75, 3.05) is 0 Å². The lowest BCUT2D eigenvalue weighted by Crippen LogP contribution is -1.99. The van der Waals surface area contributed by atoms with E-state index in [4.69, 9.17) is 0 Å². The summed E-state index contributed by atoms with van der Waals surface area (Å²) in [5.41, 5.74) is 4.51. The predicted octanol–water partition coefficient (Wildman–Crippen LogP) is 3.22. The summed E-state index contributed by atoms with van der Waals surface area (Å²) < 4.78 is 1.68. The molecule has 94 valence electrons. The zero-order valence-electron chi connectivity index (χ0n) is 10.1. The van der Waals surface area contributed by atoms with Crippen LogP contribution in [0, 0.1) is 0 Å². The quantitative estimate of drug-likeness (QED) is 0.697. The Bertz CT molecular complexity index is 679. The van der Waals surface area contributed by atoms with E-state index in [9.17, 15) is 0 Å². The fourth-order valence-corrected chi connectivity index (χ4v) is 2.56. The van der Waals surface area contributed by atoms with Crippen molar-refractivity contribution in [3.05, 3.63) is 60.4 Å². The van der Waals surface area contributed by atoms with Crippen LogP contribution in [-0.4, -0.2) is 20.2 Å². The zero-order valence-corrected chi connectivity index (χ0v) is 11.7. The fourth-order valence-electron chi connectivity index (χ4n) is 2.07. The first-order chi connectivity index (χ1) is 9.40. The third-order valence-electron chi connectivity index (χ3n) is 2.95. The van der Waals surface area contributed by atoms with Crippen molar-refractivity contribution >= 4 is 15.9 Å². The Balaban J connectivity index is 2.21. The Kier molecular flexibility index (Phi) is 3.37. The molecule has 1 aromatic heterocycles. The van der Waals surface area contributed by atoms with Crippen molar-refractivity contribution < 1.29 is 0 Å². The number of halogens is 1. The molecule has 3 rings (SSSR count). The van der Waals surface area contributed by atoms with Gasteiger partial charge >= 0.3 is 0 Å². The first-order valence-corrected chi connectivity index (χ1v) is 6.99. The van der Waals surface area contributed by atoms with Gasteiger partial charge in [0, 0.05) is 10.9 Å². The molecule has 0 radical (unpaired) electrons. The Morgan fingerprint density at radius 1 is 0.947 bits per heavy atom. The van der Waals surface area contributed by atoms with Crippen LogP contribution in [-0.2, 0) is 5.33 Å². The summed E-state index contributed by atoms with van der Waals surface area (Å²) in [4.78, 5) is 0. The Morgan fingerprint density at radius 2 is 1.68 bits per heavy atom. The molecule has 1 heterocycles. The molecule has 0 saturated heterocycles. The third kappa shape index (κ3) is 2.29. The van der Waals surface area contributed by atoms with Gasteiger partial charge in [-0.15, -0.1) is 5.10 Å². The summed E-state index contributed by atoms with van der Waals surface area (Å²) in [5.74, 6) is 0. The number of para-hydroxylation sites is 1. The van der Waals surface area contributed by atoms with Crippen LogP contribution in [0.3, 0.4) is 0 Å². The van der Waals surface area contributed by atoms with Gasteiger partial charge in [-0.2, -0.15) is 4.68 Å². The standard InChI is InChI=1S/C14H11BrN4/c15-9-11-5-1-2-6-12(11)13-7-3-4-8-14(13)19-10-16-17-18-19/h1-8,10H,9H2. The summed E-state index contributed by atoms with van der Waals surface area (Å²) in [6.07, 6.45) is 1.61. The molecule has 0 amide bonds. The van der Waals surface area contributed by atoms with Gasteiger partial charge in [-0.1, -0.05) is 58.4 Å². The summed E-state index contributed by atoms with van der Waals surface area (Å²) >= 11 is 3.53. The van der Waals surface area contributed by atoms with Gasteiger partial charge in [-0.3, -0.25) is 0 Å². The first kappa shape index (κ1) is 12.0. The van der Waals surface area contributed by atoms with E-state index in [1.165, 1.54) is 11.1 Å². The summed E-state index contributed by atoms with van der Waals surface area (Å²) in [6.45, 7) is 0. The van der Waals surface area contributed by atoms with E-state index in [1.54, 1.807) is 11.0 Å². The molecular weight excluding hydrogens is 304 g/mol. The van der Waals surface area contributed by atoms with Crippen molar-refractivity contribution in [3.8, 4) is 16.8 Å². The van der Waals surface area contributed by atoms with E-state index in [-0.39, 0.29) is 0 Å². The monoisotopic (exact) mass is 314 g/mol. The summed E-state index contributed by atoms with van der Waals surface area (Å²) in [5, 5.41) is 12.2. The van der Waals surface area contributed by atoms with Crippen LogP contribution in [0.4, 0.5) is 0 Å². The van der Waals surface area contributed by atoms with Crippen molar-refractivity contribution in [2.45, 2.75) is 5.33 Å². The molecule has 3 aromatic rings. The van der Waals surface area contributed by atoms with Gasteiger partial charge in [0.25, 0.3) is 0 Å². The number of nitrogens with zero attached hydrogens (tertiary/aromatic N) is 4. The number of hydrogen-bond acceptors (Lipinski definition) is 3. The second-order valence-electron chi connectivity index (χ2n) is 4.06. The van der Waals surface area contributed by atoms with Gasteiger partial charge in [0.15, 0.2) is 0 Å². The highest BCUT2D eigenvalue weighted by Gasteiger charge is 2.10. The highest BCUT2D eigenvalue weighted by atomic mass is 79.9. The molecule has 0 spiro atoms. The number of alkyl halides is 1. The van der Waals surface area contributed by atoms with E-state index < -0.39 is 0 Å². The topological polar surface area (TPSA) is 43.6 Å². The van der Waals surface area contributed by atoms with Gasteiger partial charge < -0.3 is 0 Å². The molecule has 2 aromatic carbocycles.